The van der Waals surface area contributed by atoms with E-state index in [-0.39, 0.29) is 17.1 Å². The van der Waals surface area contributed by atoms with E-state index in [9.17, 15) is 9.59 Å². The van der Waals surface area contributed by atoms with E-state index in [0.29, 0.717) is 11.3 Å². The van der Waals surface area contributed by atoms with Crippen molar-refractivity contribution in [2.45, 2.75) is 24.0 Å². The van der Waals surface area contributed by atoms with Crippen molar-refractivity contribution in [3.8, 4) is 0 Å². The van der Waals surface area contributed by atoms with Crippen LogP contribution in [0.5, 0.6) is 0 Å². The summed E-state index contributed by atoms with van der Waals surface area (Å²) in [6, 6.07) is 34.4. The minimum atomic E-state index is -0.312. The first kappa shape index (κ1) is 23.3. The zero-order valence-corrected chi connectivity index (χ0v) is 20.0. The highest BCUT2D eigenvalue weighted by Gasteiger charge is 2.24. The molecule has 0 spiro atoms. The van der Waals surface area contributed by atoms with E-state index in [4.69, 9.17) is 0 Å². The Morgan fingerprint density at radius 3 is 1.82 bits per heavy atom. The number of carbonyl (C=O) groups is 2. The highest BCUT2D eigenvalue weighted by Crippen LogP contribution is 2.31. The van der Waals surface area contributed by atoms with E-state index in [1.54, 1.807) is 4.90 Å². The van der Waals surface area contributed by atoms with Crippen LogP contribution in [0.2, 0.25) is 0 Å². The molecule has 1 atom stereocenters. The monoisotopic (exact) mass is 466 g/mol. The zero-order valence-electron chi connectivity index (χ0n) is 19.1. The van der Waals surface area contributed by atoms with Crippen LogP contribution in [0.15, 0.2) is 114 Å². The number of benzene rings is 4. The van der Waals surface area contributed by atoms with Crippen LogP contribution in [0.3, 0.4) is 0 Å². The number of amides is 2. The summed E-state index contributed by atoms with van der Waals surface area (Å²) in [4.78, 5) is 28.8. The smallest absolute Gasteiger partial charge is 0.255 e. The van der Waals surface area contributed by atoms with Crippen LogP contribution in [0.4, 0.5) is 17.1 Å². The number of carbonyl (C=O) groups excluding carboxylic acids is 2. The fourth-order valence-corrected chi connectivity index (χ4v) is 4.54. The third-order valence-electron chi connectivity index (χ3n) is 5.41. The average molecular weight is 467 g/mol. The van der Waals surface area contributed by atoms with Crippen LogP contribution >= 0.6 is 11.8 Å². The van der Waals surface area contributed by atoms with Gasteiger partial charge in [0.25, 0.3) is 5.91 Å². The van der Waals surface area contributed by atoms with E-state index in [0.717, 1.165) is 21.8 Å². The molecule has 0 aliphatic rings. The number of nitrogens with zero attached hydrogens (tertiary/aromatic N) is 1. The SMILES string of the molecule is Cc1ccccc1C(=O)Nc1ccc(SC(C)C(=O)N(c2ccccc2)c2ccccc2)cc1. The Labute approximate surface area is 204 Å². The molecule has 4 rings (SSSR count). The minimum Gasteiger partial charge on any atom is -0.322 e. The van der Waals surface area contributed by atoms with E-state index < -0.39 is 0 Å². The van der Waals surface area contributed by atoms with Gasteiger partial charge in [-0.25, -0.2) is 0 Å². The van der Waals surface area contributed by atoms with Crippen LogP contribution in [0.25, 0.3) is 0 Å². The highest BCUT2D eigenvalue weighted by atomic mass is 32.2. The molecule has 2 amide bonds. The van der Waals surface area contributed by atoms with Crippen molar-refractivity contribution in [1.82, 2.24) is 0 Å². The summed E-state index contributed by atoms with van der Waals surface area (Å²) in [5.41, 5.74) is 3.97. The molecular weight excluding hydrogens is 440 g/mol. The number of hydrogen-bond acceptors (Lipinski definition) is 3. The van der Waals surface area contributed by atoms with Gasteiger partial charge >= 0.3 is 0 Å². The summed E-state index contributed by atoms with van der Waals surface area (Å²) in [6.07, 6.45) is 0. The number of anilines is 3. The van der Waals surface area contributed by atoms with Crippen molar-refractivity contribution >= 4 is 40.6 Å². The molecule has 0 saturated heterocycles. The molecule has 4 nitrogen and oxygen atoms in total. The molecule has 0 heterocycles. The normalized spacial score (nSPS) is 11.5. The first-order chi connectivity index (χ1) is 16.5. The van der Waals surface area contributed by atoms with Crippen LogP contribution in [-0.4, -0.2) is 17.1 Å². The molecule has 34 heavy (non-hydrogen) atoms. The second kappa shape index (κ2) is 10.9. The quantitative estimate of drug-likeness (QED) is 0.296. The summed E-state index contributed by atoms with van der Waals surface area (Å²) in [5, 5.41) is 2.63. The van der Waals surface area contributed by atoms with Crippen LogP contribution in [0.1, 0.15) is 22.8 Å². The number of hydrogen-bond donors (Lipinski definition) is 1. The van der Waals surface area contributed by atoms with Gasteiger partial charge in [-0.1, -0.05) is 54.6 Å². The van der Waals surface area contributed by atoms with E-state index in [2.05, 4.69) is 5.32 Å². The minimum absolute atomic E-state index is 0.000618. The van der Waals surface area contributed by atoms with Gasteiger partial charge in [-0.2, -0.15) is 0 Å². The maximum atomic E-state index is 13.5. The van der Waals surface area contributed by atoms with Gasteiger partial charge in [0.15, 0.2) is 0 Å². The molecular formula is C29H26N2O2S. The lowest BCUT2D eigenvalue weighted by atomic mass is 10.1. The summed E-state index contributed by atoms with van der Waals surface area (Å²) in [6.45, 7) is 3.83. The Hall–Kier alpha value is -3.83. The maximum absolute atomic E-state index is 13.5. The molecule has 5 heteroatoms. The molecule has 0 fully saturated rings. The van der Waals surface area contributed by atoms with Crippen molar-refractivity contribution in [2.24, 2.45) is 0 Å². The summed E-state index contributed by atoms with van der Waals surface area (Å²) in [7, 11) is 0. The topological polar surface area (TPSA) is 49.4 Å². The van der Waals surface area contributed by atoms with Crippen molar-refractivity contribution in [3.05, 3.63) is 120 Å². The van der Waals surface area contributed by atoms with Gasteiger partial charge in [0.2, 0.25) is 5.91 Å². The van der Waals surface area contributed by atoms with Crippen LogP contribution in [0, 0.1) is 6.92 Å². The van der Waals surface area contributed by atoms with Gasteiger partial charge in [0.1, 0.15) is 0 Å². The summed E-state index contributed by atoms with van der Waals surface area (Å²) >= 11 is 1.49. The molecule has 0 aliphatic heterocycles. The summed E-state index contributed by atoms with van der Waals surface area (Å²) in [5.74, 6) is -0.136. The Morgan fingerprint density at radius 1 is 0.735 bits per heavy atom. The molecule has 4 aromatic rings. The molecule has 1 unspecified atom stereocenters. The maximum Gasteiger partial charge on any atom is 0.255 e. The molecule has 0 saturated carbocycles. The molecule has 0 radical (unpaired) electrons. The third kappa shape index (κ3) is 5.56. The first-order valence-corrected chi connectivity index (χ1v) is 12.0. The molecule has 0 aliphatic carbocycles. The van der Waals surface area contributed by atoms with E-state index in [1.807, 2.05) is 123 Å². The standard InChI is InChI=1S/C29H26N2O2S/c1-21-11-9-10-16-27(21)28(32)30-23-17-19-26(20-18-23)34-22(2)29(33)31(24-12-5-3-6-13-24)25-14-7-4-8-15-25/h3-20,22H,1-2H3,(H,30,32). The van der Waals surface area contributed by atoms with Crippen LogP contribution in [-0.2, 0) is 4.79 Å². The number of rotatable bonds is 7. The van der Waals surface area contributed by atoms with Crippen molar-refractivity contribution < 1.29 is 9.59 Å². The lowest BCUT2D eigenvalue weighted by molar-refractivity contribution is -0.117. The Balaban J connectivity index is 1.46. The van der Waals surface area contributed by atoms with Gasteiger partial charge in [-0.3, -0.25) is 14.5 Å². The first-order valence-electron chi connectivity index (χ1n) is 11.1. The fraction of sp³-hybridized carbons (Fsp3) is 0.103. The Morgan fingerprint density at radius 2 is 1.26 bits per heavy atom. The van der Waals surface area contributed by atoms with E-state index in [1.165, 1.54) is 11.8 Å². The number of nitrogens with one attached hydrogen (secondary N) is 1. The average Bonchev–Trinajstić information content (AvgIpc) is 2.87. The van der Waals surface area contributed by atoms with Crippen molar-refractivity contribution in [1.29, 1.82) is 0 Å². The predicted octanol–water partition coefficient (Wildman–Crippen LogP) is 7.09. The lowest BCUT2D eigenvalue weighted by Crippen LogP contribution is -2.32. The van der Waals surface area contributed by atoms with Gasteiger partial charge in [-0.15, -0.1) is 11.8 Å². The highest BCUT2D eigenvalue weighted by molar-refractivity contribution is 8.00. The third-order valence-corrected chi connectivity index (χ3v) is 6.51. The van der Waals surface area contributed by atoms with Crippen molar-refractivity contribution in [3.63, 3.8) is 0 Å². The molecule has 4 aromatic carbocycles. The van der Waals surface area contributed by atoms with Gasteiger partial charge in [-0.05, 0) is 74.0 Å². The second-order valence-electron chi connectivity index (χ2n) is 7.90. The Kier molecular flexibility index (Phi) is 7.45. The van der Waals surface area contributed by atoms with Gasteiger partial charge < -0.3 is 5.32 Å². The Bertz CT molecular complexity index is 1220. The number of thioether (sulfide) groups is 1. The second-order valence-corrected chi connectivity index (χ2v) is 9.31. The molecule has 0 bridgehead atoms. The van der Waals surface area contributed by atoms with Gasteiger partial charge in [0.05, 0.1) is 5.25 Å². The summed E-state index contributed by atoms with van der Waals surface area (Å²) < 4.78 is 0. The lowest BCUT2D eigenvalue weighted by Gasteiger charge is -2.26. The molecule has 1 N–H and O–H groups in total. The predicted molar refractivity (Wildman–Crippen MR) is 141 cm³/mol. The zero-order chi connectivity index (χ0) is 23.9. The van der Waals surface area contributed by atoms with Crippen molar-refractivity contribution in [2.75, 3.05) is 10.2 Å². The van der Waals surface area contributed by atoms with E-state index >= 15 is 0 Å². The number of para-hydroxylation sites is 2. The number of aryl methyl sites for hydroxylation is 1. The largest absolute Gasteiger partial charge is 0.322 e. The molecule has 0 aromatic heterocycles. The van der Waals surface area contributed by atoms with Gasteiger partial charge in [0, 0.05) is 27.5 Å². The van der Waals surface area contributed by atoms with Crippen LogP contribution < -0.4 is 10.2 Å². The fourth-order valence-electron chi connectivity index (χ4n) is 3.64. The molecule has 170 valence electrons.